The molecule has 0 bridgehead atoms. The summed E-state index contributed by atoms with van der Waals surface area (Å²) in [6.45, 7) is 3.70. The molecular formula is C19H28F2N4O. The van der Waals surface area contributed by atoms with E-state index < -0.39 is 6.43 Å². The molecule has 2 amide bonds. The van der Waals surface area contributed by atoms with E-state index in [1.165, 1.54) is 5.69 Å². The Balaban J connectivity index is 1.33. The number of carbonyl (C=O) groups excluding carboxylic acids is 1. The second-order valence-corrected chi connectivity index (χ2v) is 7.26. The summed E-state index contributed by atoms with van der Waals surface area (Å²) < 4.78 is 24.8. The van der Waals surface area contributed by atoms with Gasteiger partial charge in [-0.2, -0.15) is 0 Å². The zero-order valence-electron chi connectivity index (χ0n) is 15.0. The summed E-state index contributed by atoms with van der Waals surface area (Å²) >= 11 is 0. The molecule has 0 saturated carbocycles. The Kier molecular flexibility index (Phi) is 6.66. The maximum absolute atomic E-state index is 12.4. The molecule has 1 aromatic rings. The molecule has 0 radical (unpaired) electrons. The molecule has 2 N–H and O–H groups in total. The Morgan fingerprint density at radius 3 is 2.54 bits per heavy atom. The molecule has 0 unspecified atom stereocenters. The van der Waals surface area contributed by atoms with Gasteiger partial charge in [-0.05, 0) is 37.3 Å². The highest BCUT2D eigenvalue weighted by molar-refractivity contribution is 5.74. The first-order chi connectivity index (χ1) is 12.6. The molecule has 0 spiro atoms. The Labute approximate surface area is 153 Å². The molecule has 2 fully saturated rings. The van der Waals surface area contributed by atoms with Crippen LogP contribution < -0.4 is 15.5 Å². The Bertz CT molecular complexity index is 564. The average molecular weight is 366 g/mol. The van der Waals surface area contributed by atoms with Crippen LogP contribution in [0.3, 0.4) is 0 Å². The topological polar surface area (TPSA) is 47.6 Å². The van der Waals surface area contributed by atoms with E-state index in [9.17, 15) is 13.6 Å². The third-order valence-electron chi connectivity index (χ3n) is 5.28. The van der Waals surface area contributed by atoms with Gasteiger partial charge in [-0.3, -0.25) is 4.90 Å². The van der Waals surface area contributed by atoms with Crippen molar-refractivity contribution >= 4 is 11.7 Å². The van der Waals surface area contributed by atoms with Crippen LogP contribution in [-0.4, -0.2) is 62.7 Å². The van der Waals surface area contributed by atoms with Crippen LogP contribution in [0.5, 0.6) is 0 Å². The highest BCUT2D eigenvalue weighted by Crippen LogP contribution is 2.22. The first-order valence-electron chi connectivity index (χ1n) is 9.45. The number of halogens is 2. The van der Waals surface area contributed by atoms with Gasteiger partial charge in [-0.1, -0.05) is 18.2 Å². The van der Waals surface area contributed by atoms with Gasteiger partial charge in [0.2, 0.25) is 0 Å². The summed E-state index contributed by atoms with van der Waals surface area (Å²) in [5.41, 5.74) is 1.23. The quantitative estimate of drug-likeness (QED) is 0.813. The molecule has 144 valence electrons. The van der Waals surface area contributed by atoms with Crippen LogP contribution >= 0.6 is 0 Å². The number of hydrogen-bond donors (Lipinski definition) is 2. The number of para-hydroxylation sites is 1. The van der Waals surface area contributed by atoms with Crippen LogP contribution in [0.4, 0.5) is 19.3 Å². The number of benzene rings is 1. The van der Waals surface area contributed by atoms with Crippen molar-refractivity contribution in [3.8, 4) is 0 Å². The van der Waals surface area contributed by atoms with Crippen molar-refractivity contribution in [3.63, 3.8) is 0 Å². The molecule has 7 heteroatoms. The van der Waals surface area contributed by atoms with Gasteiger partial charge in [0.25, 0.3) is 6.43 Å². The number of nitrogens with zero attached hydrogens (tertiary/aromatic N) is 2. The summed E-state index contributed by atoms with van der Waals surface area (Å²) in [5, 5.41) is 5.96. The average Bonchev–Trinajstić information content (AvgIpc) is 3.11. The van der Waals surface area contributed by atoms with E-state index in [0.29, 0.717) is 25.6 Å². The molecule has 1 atom stereocenters. The molecule has 0 aromatic heterocycles. The lowest BCUT2D eigenvalue weighted by atomic mass is 10.1. The summed E-state index contributed by atoms with van der Waals surface area (Å²) in [7, 11) is 0. The molecule has 26 heavy (non-hydrogen) atoms. The van der Waals surface area contributed by atoms with E-state index in [1.54, 1.807) is 4.90 Å². The minimum absolute atomic E-state index is 0.0771. The number of urea groups is 1. The zero-order chi connectivity index (χ0) is 18.4. The number of carbonyl (C=O) groups is 1. The maximum atomic E-state index is 12.4. The Morgan fingerprint density at radius 2 is 1.85 bits per heavy atom. The van der Waals surface area contributed by atoms with Crippen molar-refractivity contribution in [3.05, 3.63) is 30.3 Å². The Morgan fingerprint density at radius 1 is 1.12 bits per heavy atom. The van der Waals surface area contributed by atoms with E-state index in [2.05, 4.69) is 27.7 Å². The summed E-state index contributed by atoms with van der Waals surface area (Å²) in [6.07, 6.45) is 0.238. The highest BCUT2D eigenvalue weighted by Gasteiger charge is 2.25. The fourth-order valence-electron chi connectivity index (χ4n) is 3.80. The number of amides is 2. The maximum Gasteiger partial charge on any atom is 0.315 e. The van der Waals surface area contributed by atoms with E-state index in [0.717, 1.165) is 32.4 Å². The molecule has 3 rings (SSSR count). The number of hydrogen-bond acceptors (Lipinski definition) is 3. The molecule has 1 aromatic carbocycles. The van der Waals surface area contributed by atoms with Gasteiger partial charge in [0.15, 0.2) is 0 Å². The number of nitrogens with one attached hydrogen (secondary N) is 2. The molecule has 2 aliphatic heterocycles. The third kappa shape index (κ3) is 5.56. The van der Waals surface area contributed by atoms with Gasteiger partial charge in [0, 0.05) is 44.5 Å². The van der Waals surface area contributed by atoms with Crippen LogP contribution in [0.2, 0.25) is 0 Å². The van der Waals surface area contributed by atoms with Crippen LogP contribution in [-0.2, 0) is 0 Å². The smallest absolute Gasteiger partial charge is 0.315 e. The second kappa shape index (κ2) is 9.16. The normalized spacial score (nSPS) is 22.0. The fraction of sp³-hybridized carbons (Fsp3) is 0.632. The van der Waals surface area contributed by atoms with E-state index in [-0.39, 0.29) is 18.6 Å². The summed E-state index contributed by atoms with van der Waals surface area (Å²) in [4.78, 5) is 16.2. The first kappa shape index (κ1) is 18.9. The fourth-order valence-corrected chi connectivity index (χ4v) is 3.80. The van der Waals surface area contributed by atoms with E-state index in [4.69, 9.17) is 0 Å². The van der Waals surface area contributed by atoms with E-state index in [1.807, 2.05) is 18.2 Å². The van der Waals surface area contributed by atoms with Crippen LogP contribution in [0.25, 0.3) is 0 Å². The van der Waals surface area contributed by atoms with Gasteiger partial charge >= 0.3 is 6.03 Å². The van der Waals surface area contributed by atoms with Crippen molar-refractivity contribution in [2.75, 3.05) is 44.2 Å². The Hall–Kier alpha value is -1.89. The van der Waals surface area contributed by atoms with Crippen molar-refractivity contribution in [1.82, 2.24) is 15.5 Å². The number of alkyl halides is 2. The van der Waals surface area contributed by atoms with Gasteiger partial charge in [-0.25, -0.2) is 13.6 Å². The van der Waals surface area contributed by atoms with Crippen LogP contribution in [0, 0.1) is 5.92 Å². The summed E-state index contributed by atoms with van der Waals surface area (Å²) in [6, 6.07) is 10.3. The standard InChI is InChI=1S/C19H28F2N4O/c20-18(21)14-24-9-7-16(8-10-24)23-19(26)22-12-15-6-11-25(13-15)17-4-2-1-3-5-17/h1-5,15-16,18H,6-14H2,(H2,22,23,26)/t15-/m1/s1. The van der Waals surface area contributed by atoms with Crippen LogP contribution in [0.1, 0.15) is 19.3 Å². The van der Waals surface area contributed by atoms with Crippen molar-refractivity contribution in [1.29, 1.82) is 0 Å². The van der Waals surface area contributed by atoms with Gasteiger partial charge < -0.3 is 15.5 Å². The van der Waals surface area contributed by atoms with Crippen molar-refractivity contribution in [2.45, 2.75) is 31.7 Å². The lowest BCUT2D eigenvalue weighted by Crippen LogP contribution is -2.49. The monoisotopic (exact) mass is 366 g/mol. The minimum Gasteiger partial charge on any atom is -0.371 e. The zero-order valence-corrected chi connectivity index (χ0v) is 15.0. The number of rotatable bonds is 6. The number of piperidine rings is 1. The number of anilines is 1. The predicted octanol–water partition coefficient (Wildman–Crippen LogP) is 2.54. The molecular weight excluding hydrogens is 338 g/mol. The molecule has 5 nitrogen and oxygen atoms in total. The SMILES string of the molecule is O=C(NC[C@H]1CCN(c2ccccc2)C1)NC1CCN(CC(F)F)CC1. The largest absolute Gasteiger partial charge is 0.371 e. The van der Waals surface area contributed by atoms with Gasteiger partial charge in [-0.15, -0.1) is 0 Å². The minimum atomic E-state index is -2.29. The second-order valence-electron chi connectivity index (χ2n) is 7.26. The summed E-state index contributed by atoms with van der Waals surface area (Å²) in [5.74, 6) is 0.453. The molecule has 2 saturated heterocycles. The lowest BCUT2D eigenvalue weighted by Gasteiger charge is -2.32. The molecule has 2 aliphatic rings. The van der Waals surface area contributed by atoms with Gasteiger partial charge in [0.05, 0.1) is 6.54 Å². The van der Waals surface area contributed by atoms with Gasteiger partial charge in [0.1, 0.15) is 0 Å². The third-order valence-corrected chi connectivity index (χ3v) is 5.28. The van der Waals surface area contributed by atoms with E-state index >= 15 is 0 Å². The molecule has 0 aliphatic carbocycles. The van der Waals surface area contributed by atoms with Crippen molar-refractivity contribution in [2.24, 2.45) is 5.92 Å². The first-order valence-corrected chi connectivity index (χ1v) is 9.45. The molecule has 2 heterocycles. The van der Waals surface area contributed by atoms with Crippen LogP contribution in [0.15, 0.2) is 30.3 Å². The lowest BCUT2D eigenvalue weighted by molar-refractivity contribution is 0.0737. The predicted molar refractivity (Wildman–Crippen MR) is 98.8 cm³/mol. The van der Waals surface area contributed by atoms with Crippen molar-refractivity contribution < 1.29 is 13.6 Å². The highest BCUT2D eigenvalue weighted by atomic mass is 19.3. The number of likely N-dealkylation sites (tertiary alicyclic amines) is 1.